The molecule has 0 aliphatic rings. The van der Waals surface area contributed by atoms with Gasteiger partial charge in [-0.2, -0.15) is 23.5 Å². The monoisotopic (exact) mass is 300 g/mol. The number of carbonyl (C=O) groups excluding carboxylic acids is 1. The molecule has 0 rings (SSSR count). The fourth-order valence-corrected chi connectivity index (χ4v) is 2.50. The van der Waals surface area contributed by atoms with Crippen molar-refractivity contribution in [3.05, 3.63) is 0 Å². The van der Waals surface area contributed by atoms with Gasteiger partial charge in [0.05, 0.1) is 6.04 Å². The minimum atomic E-state index is -0.353. The Kier molecular flexibility index (Phi) is 14.9. The fraction of sp³-hybridized carbons (Fsp3) is 0.909. The van der Waals surface area contributed by atoms with Gasteiger partial charge in [0, 0.05) is 6.04 Å². The van der Waals surface area contributed by atoms with Crippen LogP contribution in [0.1, 0.15) is 26.7 Å². The fourth-order valence-electron chi connectivity index (χ4n) is 1.20. The molecule has 0 aliphatic carbocycles. The van der Waals surface area contributed by atoms with E-state index in [2.05, 4.69) is 12.2 Å². The third-order valence-corrected chi connectivity index (χ3v) is 3.83. The molecule has 3 N–H and O–H groups in total. The number of amides is 1. The quantitative estimate of drug-likeness (QED) is 0.641. The predicted octanol–water partition coefficient (Wildman–Crippen LogP) is 2.14. The summed E-state index contributed by atoms with van der Waals surface area (Å²) in [6, 6.07) is -0.124. The van der Waals surface area contributed by atoms with Crippen LogP contribution in [0.5, 0.6) is 0 Å². The Morgan fingerprint density at radius 2 is 2.00 bits per heavy atom. The summed E-state index contributed by atoms with van der Waals surface area (Å²) in [4.78, 5) is 11.6. The van der Waals surface area contributed by atoms with Crippen molar-refractivity contribution in [2.75, 3.05) is 23.5 Å². The first kappa shape index (κ1) is 19.8. The van der Waals surface area contributed by atoms with E-state index >= 15 is 0 Å². The zero-order valence-corrected chi connectivity index (χ0v) is 13.4. The van der Waals surface area contributed by atoms with E-state index in [0.29, 0.717) is 0 Å². The largest absolute Gasteiger partial charge is 0.352 e. The SMILES string of the molecule is CCSCCC(C)NC(=O)[C@@H](N)CCSC.Cl. The van der Waals surface area contributed by atoms with Crippen molar-refractivity contribution >= 4 is 41.8 Å². The van der Waals surface area contributed by atoms with Crippen LogP contribution >= 0.6 is 35.9 Å². The predicted molar refractivity (Wildman–Crippen MR) is 83.4 cm³/mol. The van der Waals surface area contributed by atoms with Gasteiger partial charge in [-0.15, -0.1) is 12.4 Å². The number of rotatable bonds is 9. The molecule has 17 heavy (non-hydrogen) atoms. The third kappa shape index (κ3) is 11.3. The maximum Gasteiger partial charge on any atom is 0.237 e. The lowest BCUT2D eigenvalue weighted by atomic mass is 10.2. The first-order valence-corrected chi connectivity index (χ1v) is 8.29. The molecule has 104 valence electrons. The summed E-state index contributed by atoms with van der Waals surface area (Å²) in [6.07, 6.45) is 3.79. The summed E-state index contributed by atoms with van der Waals surface area (Å²) in [5.41, 5.74) is 5.78. The molecule has 0 aromatic rings. The molecule has 2 atom stereocenters. The second-order valence-electron chi connectivity index (χ2n) is 3.78. The summed E-state index contributed by atoms with van der Waals surface area (Å²) in [5.74, 6) is 3.16. The van der Waals surface area contributed by atoms with Gasteiger partial charge in [0.15, 0.2) is 0 Å². The number of hydrogen-bond donors (Lipinski definition) is 2. The highest BCUT2D eigenvalue weighted by molar-refractivity contribution is 7.99. The molecule has 0 aromatic heterocycles. The van der Waals surface area contributed by atoms with Crippen molar-refractivity contribution in [2.24, 2.45) is 5.73 Å². The van der Waals surface area contributed by atoms with Crippen LogP contribution in [0.25, 0.3) is 0 Å². The van der Waals surface area contributed by atoms with Crippen molar-refractivity contribution in [3.8, 4) is 0 Å². The van der Waals surface area contributed by atoms with Gasteiger partial charge < -0.3 is 11.1 Å². The summed E-state index contributed by atoms with van der Waals surface area (Å²) in [6.45, 7) is 4.18. The Morgan fingerprint density at radius 1 is 1.35 bits per heavy atom. The van der Waals surface area contributed by atoms with Crippen molar-refractivity contribution in [1.29, 1.82) is 0 Å². The number of carbonyl (C=O) groups is 1. The first-order chi connectivity index (χ1) is 7.61. The third-order valence-electron chi connectivity index (χ3n) is 2.26. The molecule has 0 bridgehead atoms. The molecule has 0 saturated carbocycles. The first-order valence-electron chi connectivity index (χ1n) is 5.74. The highest BCUT2D eigenvalue weighted by atomic mass is 35.5. The Hall–Kier alpha value is 0.420. The van der Waals surface area contributed by atoms with Gasteiger partial charge in [-0.1, -0.05) is 6.92 Å². The highest BCUT2D eigenvalue weighted by Gasteiger charge is 2.14. The second kappa shape index (κ2) is 12.9. The number of hydrogen-bond acceptors (Lipinski definition) is 4. The molecule has 0 heterocycles. The van der Waals surface area contributed by atoms with E-state index in [4.69, 9.17) is 5.73 Å². The van der Waals surface area contributed by atoms with Crippen LogP contribution in [-0.2, 0) is 4.79 Å². The Bertz CT molecular complexity index is 196. The van der Waals surface area contributed by atoms with Gasteiger partial charge in [0.1, 0.15) is 0 Å². The van der Waals surface area contributed by atoms with E-state index in [1.54, 1.807) is 11.8 Å². The molecule has 3 nitrogen and oxygen atoms in total. The van der Waals surface area contributed by atoms with Gasteiger partial charge in [-0.05, 0) is 43.3 Å². The second-order valence-corrected chi connectivity index (χ2v) is 6.16. The van der Waals surface area contributed by atoms with E-state index in [-0.39, 0.29) is 30.4 Å². The number of nitrogens with two attached hydrogens (primary N) is 1. The standard InChI is InChI=1S/C11H24N2OS2.ClH/c1-4-16-8-5-9(2)13-11(14)10(12)6-7-15-3;/h9-10H,4-8,12H2,1-3H3,(H,13,14);1H/t9?,10-;/m0./s1. The van der Waals surface area contributed by atoms with Gasteiger partial charge >= 0.3 is 0 Å². The molecule has 0 aliphatic heterocycles. The number of thioether (sulfide) groups is 2. The topological polar surface area (TPSA) is 55.1 Å². The van der Waals surface area contributed by atoms with Crippen molar-refractivity contribution < 1.29 is 4.79 Å². The summed E-state index contributed by atoms with van der Waals surface area (Å²) < 4.78 is 0. The maximum absolute atomic E-state index is 11.6. The Labute approximate surface area is 120 Å². The van der Waals surface area contributed by atoms with Crippen LogP contribution in [0, 0.1) is 0 Å². The molecule has 1 amide bonds. The Balaban J connectivity index is 0. The minimum Gasteiger partial charge on any atom is -0.352 e. The molecular weight excluding hydrogens is 276 g/mol. The van der Waals surface area contributed by atoms with E-state index in [0.717, 1.165) is 30.1 Å². The van der Waals surface area contributed by atoms with E-state index < -0.39 is 0 Å². The molecule has 0 radical (unpaired) electrons. The van der Waals surface area contributed by atoms with Crippen molar-refractivity contribution in [3.63, 3.8) is 0 Å². The lowest BCUT2D eigenvalue weighted by Crippen LogP contribution is -2.44. The van der Waals surface area contributed by atoms with Crippen molar-refractivity contribution in [1.82, 2.24) is 5.32 Å². The summed E-state index contributed by atoms with van der Waals surface area (Å²) in [5, 5.41) is 2.96. The van der Waals surface area contributed by atoms with Crippen LogP contribution in [0.4, 0.5) is 0 Å². The average molecular weight is 301 g/mol. The van der Waals surface area contributed by atoms with Gasteiger partial charge in [-0.3, -0.25) is 4.79 Å². The molecule has 0 fully saturated rings. The highest BCUT2D eigenvalue weighted by Crippen LogP contribution is 2.04. The number of nitrogens with one attached hydrogen (secondary N) is 1. The molecular formula is C11H25ClN2OS2. The number of halogens is 1. The lowest BCUT2D eigenvalue weighted by Gasteiger charge is -2.17. The van der Waals surface area contributed by atoms with Crippen LogP contribution in [-0.4, -0.2) is 41.5 Å². The Morgan fingerprint density at radius 3 is 2.53 bits per heavy atom. The maximum atomic E-state index is 11.6. The molecule has 0 aromatic carbocycles. The smallest absolute Gasteiger partial charge is 0.237 e. The molecule has 0 spiro atoms. The lowest BCUT2D eigenvalue weighted by molar-refractivity contribution is -0.123. The van der Waals surface area contributed by atoms with Crippen LogP contribution in [0.2, 0.25) is 0 Å². The van der Waals surface area contributed by atoms with Gasteiger partial charge in [0.2, 0.25) is 5.91 Å². The minimum absolute atomic E-state index is 0. The zero-order chi connectivity index (χ0) is 12.4. The van der Waals surface area contributed by atoms with Crippen molar-refractivity contribution in [2.45, 2.75) is 38.8 Å². The van der Waals surface area contributed by atoms with E-state index in [9.17, 15) is 4.79 Å². The van der Waals surface area contributed by atoms with Crippen LogP contribution in [0.15, 0.2) is 0 Å². The summed E-state index contributed by atoms with van der Waals surface area (Å²) in [7, 11) is 0. The molecule has 0 saturated heterocycles. The van der Waals surface area contributed by atoms with Gasteiger partial charge in [-0.25, -0.2) is 0 Å². The van der Waals surface area contributed by atoms with E-state index in [1.807, 2.05) is 24.9 Å². The van der Waals surface area contributed by atoms with Gasteiger partial charge in [0.25, 0.3) is 0 Å². The van der Waals surface area contributed by atoms with Crippen LogP contribution < -0.4 is 11.1 Å². The van der Waals surface area contributed by atoms with E-state index in [1.165, 1.54) is 0 Å². The molecule has 6 heteroatoms. The zero-order valence-electron chi connectivity index (χ0n) is 10.9. The van der Waals surface area contributed by atoms with Crippen LogP contribution in [0.3, 0.4) is 0 Å². The summed E-state index contributed by atoms with van der Waals surface area (Å²) >= 11 is 3.62. The normalized spacial score (nSPS) is 13.6. The average Bonchev–Trinajstić information content (AvgIpc) is 2.26. The molecule has 1 unspecified atom stereocenters.